The normalized spacial score (nSPS) is 26.0. The number of pyridine rings is 1. The second-order valence-corrected chi connectivity index (χ2v) is 7.32. The molecule has 9 heteroatoms. The zero-order valence-electron chi connectivity index (χ0n) is 15.2. The largest absolute Gasteiger partial charge is 0.447 e. The first-order chi connectivity index (χ1) is 12.8. The SMILES string of the molecule is Cc1cc(N2C(=O)C3C4C[C@H](CN4C(=O)OC(C)C)N3C2=O)cnc1C#N. The van der Waals surface area contributed by atoms with Crippen LogP contribution in [0.1, 0.15) is 31.5 Å². The van der Waals surface area contributed by atoms with Crippen LogP contribution < -0.4 is 4.90 Å². The summed E-state index contributed by atoms with van der Waals surface area (Å²) in [7, 11) is 0. The van der Waals surface area contributed by atoms with Crippen LogP contribution in [0.15, 0.2) is 12.3 Å². The molecule has 3 aliphatic rings. The lowest BCUT2D eigenvalue weighted by Crippen LogP contribution is -2.55. The van der Waals surface area contributed by atoms with Gasteiger partial charge in [-0.25, -0.2) is 19.5 Å². The van der Waals surface area contributed by atoms with E-state index in [1.54, 1.807) is 36.6 Å². The lowest BCUT2D eigenvalue weighted by molar-refractivity contribution is -0.121. The van der Waals surface area contributed by atoms with Crippen LogP contribution >= 0.6 is 0 Å². The van der Waals surface area contributed by atoms with Crippen LogP contribution in [-0.4, -0.2) is 63.6 Å². The van der Waals surface area contributed by atoms with Gasteiger partial charge < -0.3 is 14.5 Å². The van der Waals surface area contributed by atoms with Gasteiger partial charge in [0.2, 0.25) is 0 Å². The second-order valence-electron chi connectivity index (χ2n) is 7.32. The summed E-state index contributed by atoms with van der Waals surface area (Å²) in [5, 5.41) is 9.01. The number of imide groups is 1. The van der Waals surface area contributed by atoms with Gasteiger partial charge in [-0.15, -0.1) is 0 Å². The molecule has 27 heavy (non-hydrogen) atoms. The summed E-state index contributed by atoms with van der Waals surface area (Å²) >= 11 is 0. The van der Waals surface area contributed by atoms with Crippen LogP contribution in [0, 0.1) is 18.3 Å². The summed E-state index contributed by atoms with van der Waals surface area (Å²) in [6.45, 7) is 5.61. The van der Waals surface area contributed by atoms with Crippen molar-refractivity contribution in [2.45, 2.75) is 51.4 Å². The molecule has 2 unspecified atom stereocenters. The minimum atomic E-state index is -0.702. The molecule has 3 fully saturated rings. The molecule has 4 heterocycles. The lowest BCUT2D eigenvalue weighted by Gasteiger charge is -2.34. The van der Waals surface area contributed by atoms with Crippen molar-refractivity contribution in [1.29, 1.82) is 5.26 Å². The topological polar surface area (TPSA) is 107 Å². The molecule has 0 N–H and O–H groups in total. The Bertz CT molecular complexity index is 892. The summed E-state index contributed by atoms with van der Waals surface area (Å²) in [6.07, 6.45) is 1.23. The summed E-state index contributed by atoms with van der Waals surface area (Å²) in [6, 6.07) is 1.89. The van der Waals surface area contributed by atoms with E-state index in [2.05, 4.69) is 4.98 Å². The number of ether oxygens (including phenoxy) is 1. The number of carbonyl (C=O) groups excluding carboxylic acids is 3. The summed E-state index contributed by atoms with van der Waals surface area (Å²) < 4.78 is 5.27. The lowest BCUT2D eigenvalue weighted by atomic mass is 10.1. The maximum Gasteiger partial charge on any atom is 0.410 e. The molecular weight excluding hydrogens is 350 g/mol. The van der Waals surface area contributed by atoms with Gasteiger partial charge in [-0.05, 0) is 38.8 Å². The van der Waals surface area contributed by atoms with Crippen molar-refractivity contribution in [1.82, 2.24) is 14.8 Å². The third-order valence-electron chi connectivity index (χ3n) is 5.26. The Hall–Kier alpha value is -3.15. The number of nitriles is 1. The first-order valence-corrected chi connectivity index (χ1v) is 8.83. The molecule has 1 aromatic heterocycles. The third kappa shape index (κ3) is 2.44. The minimum Gasteiger partial charge on any atom is -0.447 e. The van der Waals surface area contributed by atoms with E-state index in [0.717, 1.165) is 4.90 Å². The average Bonchev–Trinajstić information content (AvgIpc) is 3.26. The number of piperazine rings is 1. The Morgan fingerprint density at radius 3 is 2.78 bits per heavy atom. The van der Waals surface area contributed by atoms with Crippen molar-refractivity contribution in [2.75, 3.05) is 11.4 Å². The first-order valence-electron chi connectivity index (χ1n) is 8.83. The Labute approximate surface area is 156 Å². The highest BCUT2D eigenvalue weighted by molar-refractivity contribution is 6.22. The number of urea groups is 1. The molecule has 4 amide bonds. The van der Waals surface area contributed by atoms with Gasteiger partial charge in [-0.2, -0.15) is 5.26 Å². The van der Waals surface area contributed by atoms with Gasteiger partial charge in [0.15, 0.2) is 0 Å². The smallest absolute Gasteiger partial charge is 0.410 e. The van der Waals surface area contributed by atoms with Crippen molar-refractivity contribution < 1.29 is 19.1 Å². The molecule has 4 rings (SSSR count). The third-order valence-corrected chi connectivity index (χ3v) is 5.26. The molecule has 0 saturated carbocycles. The summed E-state index contributed by atoms with van der Waals surface area (Å²) in [5.41, 5.74) is 1.18. The Balaban J connectivity index is 1.62. The number of likely N-dealkylation sites (tertiary alicyclic amines) is 1. The zero-order chi connectivity index (χ0) is 19.5. The predicted molar refractivity (Wildman–Crippen MR) is 92.7 cm³/mol. The molecule has 9 nitrogen and oxygen atoms in total. The van der Waals surface area contributed by atoms with Gasteiger partial charge in [0, 0.05) is 6.54 Å². The summed E-state index contributed by atoms with van der Waals surface area (Å²) in [4.78, 5) is 46.5. The van der Waals surface area contributed by atoms with Crippen molar-refractivity contribution in [3.05, 3.63) is 23.5 Å². The van der Waals surface area contributed by atoms with Crippen molar-refractivity contribution in [3.8, 4) is 6.07 Å². The van der Waals surface area contributed by atoms with E-state index < -0.39 is 18.2 Å². The summed E-state index contributed by atoms with van der Waals surface area (Å²) in [5.74, 6) is -0.375. The molecule has 3 aliphatic heterocycles. The van der Waals surface area contributed by atoms with Gasteiger partial charge in [-0.3, -0.25) is 4.79 Å². The van der Waals surface area contributed by atoms with Crippen LogP contribution in [0.2, 0.25) is 0 Å². The fourth-order valence-corrected chi connectivity index (χ4v) is 4.17. The van der Waals surface area contributed by atoms with Crippen LogP contribution in [0.25, 0.3) is 0 Å². The molecule has 2 bridgehead atoms. The number of carbonyl (C=O) groups is 3. The minimum absolute atomic E-state index is 0.200. The Kier molecular flexibility index (Phi) is 3.80. The van der Waals surface area contributed by atoms with Gasteiger partial charge in [-0.1, -0.05) is 0 Å². The van der Waals surface area contributed by atoms with Crippen molar-refractivity contribution in [3.63, 3.8) is 0 Å². The Morgan fingerprint density at radius 1 is 1.41 bits per heavy atom. The number of fused-ring (bicyclic) bond motifs is 5. The molecule has 1 aromatic rings. The molecular formula is C18H19N5O4. The maximum atomic E-state index is 13.0. The molecule has 0 aromatic carbocycles. The predicted octanol–water partition coefficient (Wildman–Crippen LogP) is 1.40. The molecule has 3 saturated heterocycles. The van der Waals surface area contributed by atoms with Gasteiger partial charge in [0.05, 0.1) is 30.1 Å². The number of aromatic nitrogens is 1. The van der Waals surface area contributed by atoms with E-state index in [0.29, 0.717) is 24.2 Å². The highest BCUT2D eigenvalue weighted by atomic mass is 16.6. The highest BCUT2D eigenvalue weighted by Gasteiger charge is 2.63. The fraction of sp³-hybridized carbons (Fsp3) is 0.500. The number of amides is 4. The van der Waals surface area contributed by atoms with Crippen molar-refractivity contribution in [2.24, 2.45) is 0 Å². The van der Waals surface area contributed by atoms with E-state index in [4.69, 9.17) is 10.00 Å². The number of nitrogens with zero attached hydrogens (tertiary/aromatic N) is 5. The molecule has 0 spiro atoms. The van der Waals surface area contributed by atoms with Gasteiger partial charge in [0.25, 0.3) is 5.91 Å². The molecule has 0 aliphatic carbocycles. The first kappa shape index (κ1) is 17.3. The quantitative estimate of drug-likeness (QED) is 0.730. The number of anilines is 1. The van der Waals surface area contributed by atoms with E-state index >= 15 is 0 Å². The van der Waals surface area contributed by atoms with Crippen LogP contribution in [0.5, 0.6) is 0 Å². The fourth-order valence-electron chi connectivity index (χ4n) is 4.17. The molecule has 140 valence electrons. The zero-order valence-corrected chi connectivity index (χ0v) is 15.2. The molecule has 3 atom stereocenters. The van der Waals surface area contributed by atoms with Crippen LogP contribution in [-0.2, 0) is 9.53 Å². The van der Waals surface area contributed by atoms with Crippen LogP contribution in [0.3, 0.4) is 0 Å². The van der Waals surface area contributed by atoms with Gasteiger partial charge >= 0.3 is 12.1 Å². The number of hydrogen-bond acceptors (Lipinski definition) is 6. The second kappa shape index (κ2) is 5.94. The van der Waals surface area contributed by atoms with E-state index in [-0.39, 0.29) is 29.8 Å². The van der Waals surface area contributed by atoms with Gasteiger partial charge in [0.1, 0.15) is 17.8 Å². The number of hydrogen-bond donors (Lipinski definition) is 0. The van der Waals surface area contributed by atoms with Crippen LogP contribution in [0.4, 0.5) is 15.3 Å². The van der Waals surface area contributed by atoms with E-state index in [1.165, 1.54) is 6.20 Å². The van der Waals surface area contributed by atoms with E-state index in [9.17, 15) is 14.4 Å². The monoisotopic (exact) mass is 369 g/mol. The standard InChI is InChI=1S/C18H19N5O4/c1-9(2)27-18(26)21-8-12-5-14(21)15-16(24)23(17(25)22(12)15)11-4-10(3)13(6-19)20-7-11/h4,7,9,12,14-15H,5,8H2,1-3H3/t12-,14?,15?/m1/s1. The average molecular weight is 369 g/mol. The maximum absolute atomic E-state index is 13.0. The van der Waals surface area contributed by atoms with E-state index in [1.807, 2.05) is 6.07 Å². The number of rotatable bonds is 2. The Morgan fingerprint density at radius 2 is 2.15 bits per heavy atom. The highest BCUT2D eigenvalue weighted by Crippen LogP contribution is 2.42. The molecule has 0 radical (unpaired) electrons. The van der Waals surface area contributed by atoms with Crippen molar-refractivity contribution >= 4 is 23.7 Å². The number of aryl methyl sites for hydroxylation is 1.